The summed E-state index contributed by atoms with van der Waals surface area (Å²) in [5.74, 6) is -1.69. The van der Waals surface area contributed by atoms with E-state index in [4.69, 9.17) is 4.74 Å². The van der Waals surface area contributed by atoms with Crippen LogP contribution in [0.5, 0.6) is 0 Å². The SMILES string of the molecule is Cc1cc(NC(=O)c2cc(S(=O)(=O)NC3CCOC3)sc2C(F)(F)F)ccc1F. The number of anilines is 1. The predicted molar refractivity (Wildman–Crippen MR) is 98.0 cm³/mol. The normalized spacial score (nSPS) is 17.5. The molecule has 1 aromatic heterocycles. The number of aryl methyl sites for hydroxylation is 1. The summed E-state index contributed by atoms with van der Waals surface area (Å²) in [6.07, 6.45) is -4.53. The van der Waals surface area contributed by atoms with Gasteiger partial charge in [0.1, 0.15) is 14.9 Å². The molecule has 2 heterocycles. The second-order valence-electron chi connectivity index (χ2n) is 6.41. The van der Waals surface area contributed by atoms with Crippen LogP contribution in [0.1, 0.15) is 27.2 Å². The van der Waals surface area contributed by atoms with Gasteiger partial charge in [-0.15, -0.1) is 11.3 Å². The number of carbonyl (C=O) groups is 1. The summed E-state index contributed by atoms with van der Waals surface area (Å²) in [4.78, 5) is 11.1. The highest BCUT2D eigenvalue weighted by molar-refractivity contribution is 7.91. The van der Waals surface area contributed by atoms with E-state index in [0.717, 1.165) is 6.07 Å². The lowest BCUT2D eigenvalue weighted by Gasteiger charge is -2.09. The Labute approximate surface area is 167 Å². The Morgan fingerprint density at radius 3 is 2.59 bits per heavy atom. The third-order valence-electron chi connectivity index (χ3n) is 4.14. The predicted octanol–water partition coefficient (Wildman–Crippen LogP) is 3.53. The fourth-order valence-corrected chi connectivity index (χ4v) is 5.31. The first-order valence-electron chi connectivity index (χ1n) is 8.36. The molecule has 0 radical (unpaired) electrons. The molecule has 0 bridgehead atoms. The summed E-state index contributed by atoms with van der Waals surface area (Å²) in [6, 6.07) is 3.66. The molecule has 29 heavy (non-hydrogen) atoms. The molecule has 1 aliphatic heterocycles. The minimum Gasteiger partial charge on any atom is -0.380 e. The highest BCUT2D eigenvalue weighted by Gasteiger charge is 2.40. The lowest BCUT2D eigenvalue weighted by atomic mass is 10.2. The number of hydrogen-bond donors (Lipinski definition) is 2. The summed E-state index contributed by atoms with van der Waals surface area (Å²) < 4.78 is 85.2. The average Bonchev–Trinajstić information content (AvgIpc) is 3.27. The van der Waals surface area contributed by atoms with Crippen LogP contribution in [0.15, 0.2) is 28.5 Å². The Morgan fingerprint density at radius 1 is 1.28 bits per heavy atom. The molecule has 1 aromatic carbocycles. The molecule has 2 N–H and O–H groups in total. The smallest absolute Gasteiger partial charge is 0.380 e. The summed E-state index contributed by atoms with van der Waals surface area (Å²) in [7, 11) is -4.27. The zero-order chi connectivity index (χ0) is 21.4. The molecule has 1 aliphatic rings. The highest BCUT2D eigenvalue weighted by atomic mass is 32.2. The fraction of sp³-hybridized carbons (Fsp3) is 0.353. The minimum atomic E-state index is -4.93. The van der Waals surface area contributed by atoms with Crippen molar-refractivity contribution in [2.24, 2.45) is 0 Å². The maximum Gasteiger partial charge on any atom is 0.426 e. The lowest BCUT2D eigenvalue weighted by molar-refractivity contribution is -0.134. The van der Waals surface area contributed by atoms with Gasteiger partial charge in [-0.2, -0.15) is 13.2 Å². The van der Waals surface area contributed by atoms with Crippen LogP contribution in [0.4, 0.5) is 23.2 Å². The van der Waals surface area contributed by atoms with Gasteiger partial charge in [0, 0.05) is 18.3 Å². The van der Waals surface area contributed by atoms with Crippen molar-refractivity contribution < 1.29 is 35.5 Å². The molecular formula is C17H16F4N2O4S2. The minimum absolute atomic E-state index is 0.0359. The quantitative estimate of drug-likeness (QED) is 0.680. The van der Waals surface area contributed by atoms with Crippen molar-refractivity contribution in [3.63, 3.8) is 0 Å². The van der Waals surface area contributed by atoms with Gasteiger partial charge in [-0.3, -0.25) is 4.79 Å². The van der Waals surface area contributed by atoms with Crippen LogP contribution in [0.3, 0.4) is 0 Å². The molecule has 1 amide bonds. The largest absolute Gasteiger partial charge is 0.426 e. The van der Waals surface area contributed by atoms with E-state index in [0.29, 0.717) is 19.1 Å². The van der Waals surface area contributed by atoms with Gasteiger partial charge >= 0.3 is 6.18 Å². The molecule has 1 fully saturated rings. The third-order valence-corrected chi connectivity index (χ3v) is 7.32. The Bertz CT molecular complexity index is 1030. The van der Waals surface area contributed by atoms with Gasteiger partial charge in [0.15, 0.2) is 0 Å². The standard InChI is InChI=1S/C17H16F4N2O4S2/c1-9-6-10(2-3-13(9)18)22-16(24)12-7-14(28-15(12)17(19,20)21)29(25,26)23-11-4-5-27-8-11/h2-3,6-7,11,23H,4-5,8H2,1H3,(H,22,24). The second-order valence-corrected chi connectivity index (χ2v) is 9.40. The number of thiophene rings is 1. The van der Waals surface area contributed by atoms with E-state index < -0.39 is 48.6 Å². The number of alkyl halides is 3. The number of amides is 1. The van der Waals surface area contributed by atoms with Crippen LogP contribution in [-0.4, -0.2) is 33.6 Å². The van der Waals surface area contributed by atoms with E-state index in [1.165, 1.54) is 19.1 Å². The first kappa shape index (κ1) is 21.7. The van der Waals surface area contributed by atoms with Crippen molar-refractivity contribution >= 4 is 33.0 Å². The van der Waals surface area contributed by atoms with Crippen molar-refractivity contribution in [2.45, 2.75) is 29.8 Å². The molecular weight excluding hydrogens is 436 g/mol. The summed E-state index contributed by atoms with van der Waals surface area (Å²) >= 11 is -0.0359. The van der Waals surface area contributed by atoms with Gasteiger partial charge in [0.25, 0.3) is 5.91 Å². The highest BCUT2D eigenvalue weighted by Crippen LogP contribution is 2.40. The molecule has 158 valence electrons. The van der Waals surface area contributed by atoms with E-state index in [1.54, 1.807) is 0 Å². The van der Waals surface area contributed by atoms with Crippen LogP contribution in [0.2, 0.25) is 0 Å². The van der Waals surface area contributed by atoms with E-state index in [2.05, 4.69) is 10.0 Å². The molecule has 0 spiro atoms. The van der Waals surface area contributed by atoms with Crippen LogP contribution in [0.25, 0.3) is 0 Å². The molecule has 1 saturated heterocycles. The zero-order valence-electron chi connectivity index (χ0n) is 15.0. The lowest BCUT2D eigenvalue weighted by Crippen LogP contribution is -2.34. The van der Waals surface area contributed by atoms with Crippen molar-refractivity contribution in [1.29, 1.82) is 0 Å². The van der Waals surface area contributed by atoms with E-state index in [-0.39, 0.29) is 29.2 Å². The number of ether oxygens (including phenoxy) is 1. The topological polar surface area (TPSA) is 84.5 Å². The van der Waals surface area contributed by atoms with Gasteiger partial charge in [-0.25, -0.2) is 17.5 Å². The number of halogens is 4. The molecule has 1 atom stereocenters. The van der Waals surface area contributed by atoms with Crippen molar-refractivity contribution in [3.8, 4) is 0 Å². The van der Waals surface area contributed by atoms with Gasteiger partial charge in [-0.05, 0) is 43.2 Å². The molecule has 2 aromatic rings. The molecule has 0 aliphatic carbocycles. The van der Waals surface area contributed by atoms with Gasteiger partial charge < -0.3 is 10.1 Å². The monoisotopic (exact) mass is 452 g/mol. The molecule has 6 nitrogen and oxygen atoms in total. The van der Waals surface area contributed by atoms with E-state index in [1.807, 2.05) is 0 Å². The molecule has 12 heteroatoms. The van der Waals surface area contributed by atoms with E-state index in [9.17, 15) is 30.8 Å². The number of carbonyl (C=O) groups excluding carboxylic acids is 1. The summed E-state index contributed by atoms with van der Waals surface area (Å²) in [6.45, 7) is 1.89. The Kier molecular flexibility index (Phi) is 5.99. The number of benzene rings is 1. The van der Waals surface area contributed by atoms with Crippen LogP contribution in [-0.2, 0) is 20.9 Å². The van der Waals surface area contributed by atoms with Gasteiger partial charge in [0.05, 0.1) is 12.2 Å². The number of nitrogens with one attached hydrogen (secondary N) is 2. The Balaban J connectivity index is 1.92. The zero-order valence-corrected chi connectivity index (χ0v) is 16.6. The molecule has 0 saturated carbocycles. The summed E-state index contributed by atoms with van der Waals surface area (Å²) in [5.41, 5.74) is -0.554. The fourth-order valence-electron chi connectivity index (χ4n) is 2.71. The van der Waals surface area contributed by atoms with Crippen LogP contribution in [0, 0.1) is 12.7 Å². The first-order chi connectivity index (χ1) is 13.5. The second kappa shape index (κ2) is 8.01. The first-order valence-corrected chi connectivity index (χ1v) is 10.7. The van der Waals surface area contributed by atoms with Crippen molar-refractivity contribution in [3.05, 3.63) is 46.1 Å². The van der Waals surface area contributed by atoms with Crippen molar-refractivity contribution in [2.75, 3.05) is 18.5 Å². The van der Waals surface area contributed by atoms with Gasteiger partial charge in [0.2, 0.25) is 10.0 Å². The molecule has 1 unspecified atom stereocenters. The number of sulfonamides is 1. The number of hydrogen-bond acceptors (Lipinski definition) is 5. The van der Waals surface area contributed by atoms with Crippen LogP contribution < -0.4 is 10.0 Å². The van der Waals surface area contributed by atoms with Gasteiger partial charge in [-0.1, -0.05) is 0 Å². The van der Waals surface area contributed by atoms with E-state index >= 15 is 0 Å². The average molecular weight is 452 g/mol. The van der Waals surface area contributed by atoms with Crippen molar-refractivity contribution in [1.82, 2.24) is 4.72 Å². The Hall–Kier alpha value is -2.02. The Morgan fingerprint density at radius 2 is 2.00 bits per heavy atom. The van der Waals surface area contributed by atoms with Crippen LogP contribution >= 0.6 is 11.3 Å². The maximum atomic E-state index is 13.4. The third kappa shape index (κ3) is 4.94. The maximum absolute atomic E-state index is 13.4. The summed E-state index contributed by atoms with van der Waals surface area (Å²) in [5, 5.41) is 2.24. The molecule has 3 rings (SSSR count). The number of rotatable bonds is 5.